The highest BCUT2D eigenvalue weighted by molar-refractivity contribution is 6.04. The van der Waals surface area contributed by atoms with Crippen molar-refractivity contribution < 1.29 is 19.1 Å². The second-order valence-electron chi connectivity index (χ2n) is 7.51. The van der Waals surface area contributed by atoms with Crippen LogP contribution in [0.15, 0.2) is 48.5 Å². The molecule has 0 saturated heterocycles. The molecule has 0 saturated carbocycles. The average Bonchev–Trinajstić information content (AvgIpc) is 2.77. The number of nitrogens with one attached hydrogen (secondary N) is 2. The van der Waals surface area contributed by atoms with E-state index in [1.165, 1.54) is 7.11 Å². The molecule has 2 rings (SSSR count). The summed E-state index contributed by atoms with van der Waals surface area (Å²) in [6, 6.07) is 14.8. The van der Waals surface area contributed by atoms with Crippen LogP contribution in [0.3, 0.4) is 0 Å². The molecular weight excluding hydrogens is 394 g/mol. The maximum absolute atomic E-state index is 12.7. The lowest BCUT2D eigenvalue weighted by Crippen LogP contribution is -2.38. The van der Waals surface area contributed by atoms with Crippen LogP contribution in [0.1, 0.15) is 35.3 Å². The summed E-state index contributed by atoms with van der Waals surface area (Å²) in [5, 5.41) is 5.71. The fourth-order valence-corrected chi connectivity index (χ4v) is 3.13. The Morgan fingerprint density at radius 1 is 1.06 bits per heavy atom. The lowest BCUT2D eigenvalue weighted by atomic mass is 10.1. The second-order valence-corrected chi connectivity index (χ2v) is 7.51. The Morgan fingerprint density at radius 2 is 1.74 bits per heavy atom. The smallest absolute Gasteiger partial charge is 0.309 e. The Labute approximate surface area is 183 Å². The number of carbonyl (C=O) groups is 3. The van der Waals surface area contributed by atoms with Gasteiger partial charge in [-0.1, -0.05) is 55.8 Å². The van der Waals surface area contributed by atoms with Crippen LogP contribution in [0.5, 0.6) is 0 Å². The molecule has 2 aromatic rings. The molecule has 1 atom stereocenters. The summed E-state index contributed by atoms with van der Waals surface area (Å²) in [5.74, 6) is -1.16. The molecule has 0 aliphatic heterocycles. The fourth-order valence-electron chi connectivity index (χ4n) is 3.13. The van der Waals surface area contributed by atoms with Crippen LogP contribution in [0, 0.1) is 12.8 Å². The third-order valence-electron chi connectivity index (χ3n) is 4.97. The lowest BCUT2D eigenvalue weighted by molar-refractivity contribution is -0.145. The van der Waals surface area contributed by atoms with Crippen molar-refractivity contribution in [3.8, 4) is 0 Å². The van der Waals surface area contributed by atoms with E-state index in [4.69, 9.17) is 4.74 Å². The SMILES string of the molecule is CCN(CC(=O)Nc1ccccc1C(=O)NCc1ccc(C)cc1)CC(C)C(=O)OC. The number of amides is 2. The van der Waals surface area contributed by atoms with E-state index < -0.39 is 0 Å². The van der Waals surface area contributed by atoms with Gasteiger partial charge < -0.3 is 15.4 Å². The summed E-state index contributed by atoms with van der Waals surface area (Å²) in [6.07, 6.45) is 0. The van der Waals surface area contributed by atoms with E-state index in [0.29, 0.717) is 30.9 Å². The standard InChI is InChI=1S/C24H31N3O4/c1-5-27(15-18(3)24(30)31-4)16-22(28)26-21-9-7-6-8-20(21)23(29)25-14-19-12-10-17(2)11-13-19/h6-13,18H,5,14-16H2,1-4H3,(H,25,29)(H,26,28). The summed E-state index contributed by atoms with van der Waals surface area (Å²) in [7, 11) is 1.35. The van der Waals surface area contributed by atoms with Gasteiger partial charge in [-0.3, -0.25) is 19.3 Å². The van der Waals surface area contributed by atoms with E-state index in [-0.39, 0.29) is 30.2 Å². The molecule has 0 aliphatic carbocycles. The molecule has 0 aliphatic rings. The van der Waals surface area contributed by atoms with Crippen molar-refractivity contribution in [2.24, 2.45) is 5.92 Å². The number of methoxy groups -OCH3 is 1. The average molecular weight is 426 g/mol. The highest BCUT2D eigenvalue weighted by Crippen LogP contribution is 2.15. The van der Waals surface area contributed by atoms with E-state index in [1.807, 2.05) is 43.0 Å². The Kier molecular flexibility index (Phi) is 9.21. The van der Waals surface area contributed by atoms with Gasteiger partial charge in [-0.2, -0.15) is 0 Å². The summed E-state index contributed by atoms with van der Waals surface area (Å²) >= 11 is 0. The van der Waals surface area contributed by atoms with E-state index in [0.717, 1.165) is 11.1 Å². The Balaban J connectivity index is 1.98. The first-order valence-electron chi connectivity index (χ1n) is 10.4. The molecule has 0 aromatic heterocycles. The molecule has 0 bridgehead atoms. The molecule has 0 spiro atoms. The molecule has 7 nitrogen and oxygen atoms in total. The predicted molar refractivity (Wildman–Crippen MR) is 121 cm³/mol. The number of aryl methyl sites for hydroxylation is 1. The topological polar surface area (TPSA) is 87.7 Å². The van der Waals surface area contributed by atoms with Crippen molar-refractivity contribution >= 4 is 23.5 Å². The first kappa shape index (κ1) is 24.1. The van der Waals surface area contributed by atoms with E-state index >= 15 is 0 Å². The van der Waals surface area contributed by atoms with Crippen molar-refractivity contribution in [1.29, 1.82) is 0 Å². The first-order chi connectivity index (χ1) is 14.8. The van der Waals surface area contributed by atoms with Crippen LogP contribution in [0.4, 0.5) is 5.69 Å². The van der Waals surface area contributed by atoms with Crippen molar-refractivity contribution in [3.63, 3.8) is 0 Å². The molecule has 0 fully saturated rings. The van der Waals surface area contributed by atoms with Crippen LogP contribution >= 0.6 is 0 Å². The molecule has 0 heterocycles. The molecule has 7 heteroatoms. The molecule has 31 heavy (non-hydrogen) atoms. The minimum absolute atomic E-state index is 0.108. The molecule has 166 valence electrons. The quantitative estimate of drug-likeness (QED) is 0.572. The summed E-state index contributed by atoms with van der Waals surface area (Å²) in [4.78, 5) is 38.8. The second kappa shape index (κ2) is 11.9. The summed E-state index contributed by atoms with van der Waals surface area (Å²) in [5.41, 5.74) is 3.00. The number of anilines is 1. The van der Waals surface area contributed by atoms with Crippen LogP contribution in [-0.4, -0.2) is 49.4 Å². The van der Waals surface area contributed by atoms with Crippen molar-refractivity contribution in [2.45, 2.75) is 27.3 Å². The molecule has 0 radical (unpaired) electrons. The molecule has 1 unspecified atom stereocenters. The fraction of sp³-hybridized carbons (Fsp3) is 0.375. The number of carbonyl (C=O) groups excluding carboxylic acids is 3. The predicted octanol–water partition coefficient (Wildman–Crippen LogP) is 2.99. The number of likely N-dealkylation sites (N-methyl/N-ethyl adjacent to an activating group) is 1. The highest BCUT2D eigenvalue weighted by Gasteiger charge is 2.19. The maximum atomic E-state index is 12.7. The number of benzene rings is 2. The van der Waals surface area contributed by atoms with Crippen molar-refractivity contribution in [2.75, 3.05) is 32.1 Å². The number of hydrogen-bond acceptors (Lipinski definition) is 5. The van der Waals surface area contributed by atoms with Crippen molar-refractivity contribution in [3.05, 3.63) is 65.2 Å². The minimum Gasteiger partial charge on any atom is -0.469 e. The summed E-state index contributed by atoms with van der Waals surface area (Å²) < 4.78 is 4.75. The third-order valence-corrected chi connectivity index (χ3v) is 4.97. The van der Waals surface area contributed by atoms with Gasteiger partial charge in [0.15, 0.2) is 0 Å². The largest absolute Gasteiger partial charge is 0.469 e. The zero-order valence-electron chi connectivity index (χ0n) is 18.6. The Bertz CT molecular complexity index is 896. The zero-order valence-corrected chi connectivity index (χ0v) is 18.6. The molecule has 2 amide bonds. The van der Waals surface area contributed by atoms with Crippen LogP contribution < -0.4 is 10.6 Å². The highest BCUT2D eigenvalue weighted by atomic mass is 16.5. The van der Waals surface area contributed by atoms with Crippen LogP contribution in [0.2, 0.25) is 0 Å². The minimum atomic E-state index is -0.336. The first-order valence-corrected chi connectivity index (χ1v) is 10.4. The third kappa shape index (κ3) is 7.53. The Hall–Kier alpha value is -3.19. The molecule has 2 N–H and O–H groups in total. The number of hydrogen-bond donors (Lipinski definition) is 2. The van der Waals surface area contributed by atoms with Crippen molar-refractivity contribution in [1.82, 2.24) is 10.2 Å². The van der Waals surface area contributed by atoms with Gasteiger partial charge in [-0.05, 0) is 31.2 Å². The van der Waals surface area contributed by atoms with Crippen LogP contribution in [-0.2, 0) is 20.9 Å². The van der Waals surface area contributed by atoms with Gasteiger partial charge in [0, 0.05) is 13.1 Å². The van der Waals surface area contributed by atoms with Gasteiger partial charge >= 0.3 is 5.97 Å². The number of esters is 1. The van der Waals surface area contributed by atoms with Gasteiger partial charge in [0.05, 0.1) is 30.8 Å². The van der Waals surface area contributed by atoms with Crippen LogP contribution in [0.25, 0.3) is 0 Å². The number of para-hydroxylation sites is 1. The Morgan fingerprint density at radius 3 is 2.39 bits per heavy atom. The number of rotatable bonds is 10. The maximum Gasteiger partial charge on any atom is 0.309 e. The van der Waals surface area contributed by atoms with Gasteiger partial charge in [-0.25, -0.2) is 0 Å². The molecular formula is C24H31N3O4. The van der Waals surface area contributed by atoms with Gasteiger partial charge in [0.25, 0.3) is 5.91 Å². The van der Waals surface area contributed by atoms with E-state index in [2.05, 4.69) is 10.6 Å². The zero-order chi connectivity index (χ0) is 22.8. The monoisotopic (exact) mass is 425 g/mol. The summed E-state index contributed by atoms with van der Waals surface area (Å²) in [6.45, 7) is 7.22. The molecule has 2 aromatic carbocycles. The number of ether oxygens (including phenoxy) is 1. The van der Waals surface area contributed by atoms with Gasteiger partial charge in [-0.15, -0.1) is 0 Å². The number of nitrogens with zero attached hydrogens (tertiary/aromatic N) is 1. The lowest BCUT2D eigenvalue weighted by Gasteiger charge is -2.22. The van der Waals surface area contributed by atoms with E-state index in [1.54, 1.807) is 31.2 Å². The van der Waals surface area contributed by atoms with Gasteiger partial charge in [0.2, 0.25) is 5.91 Å². The normalized spacial score (nSPS) is 11.6. The van der Waals surface area contributed by atoms with Gasteiger partial charge in [0.1, 0.15) is 0 Å². The van der Waals surface area contributed by atoms with E-state index in [9.17, 15) is 14.4 Å².